The molecule has 0 aliphatic carbocycles. The van der Waals surface area contributed by atoms with Crippen molar-refractivity contribution in [3.8, 4) is 0 Å². The first-order valence-electron chi connectivity index (χ1n) is 7.74. The number of hydrogen-bond donors (Lipinski definition) is 2. The van der Waals surface area contributed by atoms with E-state index < -0.39 is 11.7 Å². The Balaban J connectivity index is 2.56. The van der Waals surface area contributed by atoms with Crippen molar-refractivity contribution < 1.29 is 13.9 Å². The molecule has 1 rings (SSSR count). The predicted molar refractivity (Wildman–Crippen MR) is 95.2 cm³/mol. The summed E-state index contributed by atoms with van der Waals surface area (Å²) in [5.41, 5.74) is 0.190. The molecule has 0 heterocycles. The maximum absolute atomic E-state index is 13.3. The third kappa shape index (κ3) is 7.68. The van der Waals surface area contributed by atoms with Gasteiger partial charge in [-0.3, -0.25) is 0 Å². The molecule has 0 saturated heterocycles. The van der Waals surface area contributed by atoms with Gasteiger partial charge in [0.1, 0.15) is 11.4 Å². The van der Waals surface area contributed by atoms with Crippen LogP contribution in [0.2, 0.25) is 0 Å². The van der Waals surface area contributed by atoms with Crippen LogP contribution in [0.1, 0.15) is 34.6 Å². The number of anilines is 1. The van der Waals surface area contributed by atoms with Gasteiger partial charge in [0.25, 0.3) is 0 Å². The number of nitrogens with one attached hydrogen (secondary N) is 2. The van der Waals surface area contributed by atoms with E-state index >= 15 is 0 Å². The number of carbonyl (C=O) groups is 1. The van der Waals surface area contributed by atoms with Crippen LogP contribution in [0.3, 0.4) is 0 Å². The van der Waals surface area contributed by atoms with Crippen molar-refractivity contribution in [2.24, 2.45) is 11.8 Å². The highest BCUT2D eigenvalue weighted by molar-refractivity contribution is 9.10. The van der Waals surface area contributed by atoms with Crippen LogP contribution in [0.15, 0.2) is 22.7 Å². The predicted octanol–water partition coefficient (Wildman–Crippen LogP) is 4.80. The van der Waals surface area contributed by atoms with Gasteiger partial charge in [-0.15, -0.1) is 0 Å². The minimum absolute atomic E-state index is 0.192. The largest absolute Gasteiger partial charge is 0.444 e. The molecule has 0 aliphatic heterocycles. The van der Waals surface area contributed by atoms with Crippen molar-refractivity contribution in [3.63, 3.8) is 0 Å². The second-order valence-electron chi connectivity index (χ2n) is 6.89. The molecule has 0 radical (unpaired) electrons. The molecule has 1 aromatic rings. The summed E-state index contributed by atoms with van der Waals surface area (Å²) in [4.78, 5) is 11.7. The molecule has 6 heteroatoms. The van der Waals surface area contributed by atoms with Crippen LogP contribution in [0.25, 0.3) is 0 Å². The zero-order valence-corrected chi connectivity index (χ0v) is 16.0. The Hall–Kier alpha value is -1.30. The lowest BCUT2D eigenvalue weighted by Gasteiger charge is -2.24. The van der Waals surface area contributed by atoms with Crippen molar-refractivity contribution in [2.45, 2.75) is 40.2 Å². The Morgan fingerprint density at radius 3 is 2.52 bits per heavy atom. The second kappa shape index (κ2) is 8.52. The summed E-state index contributed by atoms with van der Waals surface area (Å²) in [6.07, 6.45) is -0.421. The molecule has 1 aromatic carbocycles. The first kappa shape index (κ1) is 19.7. The van der Waals surface area contributed by atoms with Crippen LogP contribution >= 0.6 is 15.9 Å². The van der Waals surface area contributed by atoms with Gasteiger partial charge >= 0.3 is 6.09 Å². The lowest BCUT2D eigenvalue weighted by molar-refractivity contribution is 0.0516. The summed E-state index contributed by atoms with van der Waals surface area (Å²) in [7, 11) is 0. The Kier molecular flexibility index (Phi) is 7.32. The minimum Gasteiger partial charge on any atom is -0.444 e. The highest BCUT2D eigenvalue weighted by atomic mass is 79.9. The zero-order chi connectivity index (χ0) is 17.6. The molecule has 1 amide bonds. The van der Waals surface area contributed by atoms with Crippen LogP contribution in [0.5, 0.6) is 0 Å². The van der Waals surface area contributed by atoms with Gasteiger partial charge in [0.15, 0.2) is 0 Å². The molecule has 2 N–H and O–H groups in total. The molecular weight excluding hydrogens is 363 g/mol. The summed E-state index contributed by atoms with van der Waals surface area (Å²) in [6, 6.07) is 4.52. The van der Waals surface area contributed by atoms with Crippen molar-refractivity contribution in [1.29, 1.82) is 0 Å². The third-order valence-electron chi connectivity index (χ3n) is 3.33. The van der Waals surface area contributed by atoms with E-state index in [-0.39, 0.29) is 11.7 Å². The quantitative estimate of drug-likeness (QED) is 0.735. The van der Waals surface area contributed by atoms with Crippen LogP contribution < -0.4 is 10.6 Å². The number of amides is 1. The monoisotopic (exact) mass is 388 g/mol. The van der Waals surface area contributed by atoms with Gasteiger partial charge in [-0.25, -0.2) is 9.18 Å². The highest BCUT2D eigenvalue weighted by Crippen LogP contribution is 2.24. The Labute approximate surface area is 146 Å². The Bertz CT molecular complexity index is 530. The maximum atomic E-state index is 13.3. The van der Waals surface area contributed by atoms with Crippen LogP contribution in [-0.4, -0.2) is 24.8 Å². The Morgan fingerprint density at radius 2 is 1.96 bits per heavy atom. The number of rotatable bonds is 6. The number of carbonyl (C=O) groups excluding carboxylic acids is 1. The van der Waals surface area contributed by atoms with Gasteiger partial charge in [-0.1, -0.05) is 13.8 Å². The smallest absolute Gasteiger partial charge is 0.407 e. The molecule has 0 bridgehead atoms. The summed E-state index contributed by atoms with van der Waals surface area (Å²) in [5.74, 6) is 0.256. The van der Waals surface area contributed by atoms with E-state index in [2.05, 4.69) is 40.4 Å². The fourth-order valence-electron chi connectivity index (χ4n) is 1.95. The van der Waals surface area contributed by atoms with E-state index in [1.54, 1.807) is 6.07 Å². The maximum Gasteiger partial charge on any atom is 0.407 e. The van der Waals surface area contributed by atoms with Crippen LogP contribution in [0, 0.1) is 17.7 Å². The van der Waals surface area contributed by atoms with E-state index in [1.807, 2.05) is 20.8 Å². The van der Waals surface area contributed by atoms with E-state index in [0.29, 0.717) is 24.7 Å². The van der Waals surface area contributed by atoms with Gasteiger partial charge in [0.05, 0.1) is 5.69 Å². The van der Waals surface area contributed by atoms with Gasteiger partial charge in [0, 0.05) is 17.6 Å². The second-order valence-corrected chi connectivity index (χ2v) is 7.75. The molecular formula is C17H26BrFN2O2. The number of halogens is 2. The minimum atomic E-state index is -0.512. The normalized spacial score (nSPS) is 12.9. The summed E-state index contributed by atoms with van der Waals surface area (Å²) >= 11 is 3.39. The lowest BCUT2D eigenvalue weighted by Crippen LogP contribution is -2.38. The molecule has 0 aromatic heterocycles. The van der Waals surface area contributed by atoms with Crippen molar-refractivity contribution in [2.75, 3.05) is 18.4 Å². The third-order valence-corrected chi connectivity index (χ3v) is 4.02. The molecule has 0 spiro atoms. The number of benzene rings is 1. The van der Waals surface area contributed by atoms with Gasteiger partial charge < -0.3 is 15.4 Å². The average molecular weight is 389 g/mol. The summed E-state index contributed by atoms with van der Waals surface area (Å²) in [6.45, 7) is 10.8. The van der Waals surface area contributed by atoms with E-state index in [9.17, 15) is 9.18 Å². The summed E-state index contributed by atoms with van der Waals surface area (Å²) < 4.78 is 19.4. The first-order chi connectivity index (χ1) is 10.6. The molecule has 0 fully saturated rings. The van der Waals surface area contributed by atoms with Gasteiger partial charge in [-0.2, -0.15) is 0 Å². The van der Waals surface area contributed by atoms with Crippen LogP contribution in [-0.2, 0) is 4.74 Å². The number of hydrogen-bond acceptors (Lipinski definition) is 3. The zero-order valence-electron chi connectivity index (χ0n) is 14.4. The fourth-order valence-corrected chi connectivity index (χ4v) is 2.33. The topological polar surface area (TPSA) is 50.4 Å². The number of ether oxygens (including phenoxy) is 1. The lowest BCUT2D eigenvalue weighted by atomic mass is 9.95. The molecule has 1 unspecified atom stereocenters. The SMILES string of the molecule is CC(C)C(CNC(=O)OC(C)(C)C)CNc1cc(F)ccc1Br. The average Bonchev–Trinajstić information content (AvgIpc) is 2.40. The Morgan fingerprint density at radius 1 is 1.30 bits per heavy atom. The molecule has 4 nitrogen and oxygen atoms in total. The summed E-state index contributed by atoms with van der Waals surface area (Å²) in [5, 5.41) is 6.02. The van der Waals surface area contributed by atoms with Crippen LogP contribution in [0.4, 0.5) is 14.9 Å². The van der Waals surface area contributed by atoms with E-state index in [4.69, 9.17) is 4.74 Å². The highest BCUT2D eigenvalue weighted by Gasteiger charge is 2.19. The first-order valence-corrected chi connectivity index (χ1v) is 8.53. The molecule has 130 valence electrons. The fraction of sp³-hybridized carbons (Fsp3) is 0.588. The molecule has 23 heavy (non-hydrogen) atoms. The standard InChI is InChI=1S/C17H26BrFN2O2/c1-11(2)12(10-21-16(22)23-17(3,4)5)9-20-15-8-13(19)6-7-14(15)18/h6-8,11-12,20H,9-10H2,1-5H3,(H,21,22). The van der Waals surface area contributed by atoms with Gasteiger partial charge in [-0.05, 0) is 66.7 Å². The molecule has 0 aliphatic rings. The van der Waals surface area contributed by atoms with Gasteiger partial charge in [0.2, 0.25) is 0 Å². The van der Waals surface area contributed by atoms with E-state index in [0.717, 1.165) is 4.47 Å². The molecule has 1 atom stereocenters. The van der Waals surface area contributed by atoms with Crippen molar-refractivity contribution >= 4 is 27.7 Å². The molecule has 0 saturated carbocycles. The van der Waals surface area contributed by atoms with Crippen molar-refractivity contribution in [1.82, 2.24) is 5.32 Å². The van der Waals surface area contributed by atoms with E-state index in [1.165, 1.54) is 12.1 Å². The number of alkyl carbamates (subject to hydrolysis) is 1. The van der Waals surface area contributed by atoms with Crippen molar-refractivity contribution in [3.05, 3.63) is 28.5 Å².